The largest absolute Gasteiger partial charge is 0.345 e. The van der Waals surface area contributed by atoms with Crippen molar-refractivity contribution in [2.24, 2.45) is 5.73 Å². The van der Waals surface area contributed by atoms with Gasteiger partial charge in [0.1, 0.15) is 0 Å². The number of aryl methyl sites for hydroxylation is 4. The first kappa shape index (κ1) is 11.2. The van der Waals surface area contributed by atoms with Gasteiger partial charge in [0.15, 0.2) is 0 Å². The number of hydrogen-bond donors (Lipinski definition) is 1. The Hall–Kier alpha value is -1.28. The van der Waals surface area contributed by atoms with Crippen molar-refractivity contribution >= 4 is 10.9 Å². The molecule has 2 N–H and O–H groups in total. The van der Waals surface area contributed by atoms with Crippen LogP contribution in [0.15, 0.2) is 18.2 Å². The normalized spacial score (nSPS) is 11.2. The maximum atomic E-state index is 5.59. The third kappa shape index (κ3) is 1.85. The molecular formula is C14H20N2. The monoisotopic (exact) mass is 216 g/mol. The fourth-order valence-electron chi connectivity index (χ4n) is 2.49. The fourth-order valence-corrected chi connectivity index (χ4v) is 2.49. The molecule has 0 radical (unpaired) electrons. The summed E-state index contributed by atoms with van der Waals surface area (Å²) in [7, 11) is 0. The molecule has 1 aromatic heterocycles. The second kappa shape index (κ2) is 4.30. The number of nitrogens with zero attached hydrogens (tertiary/aromatic N) is 1. The number of rotatable bonds is 3. The molecule has 16 heavy (non-hydrogen) atoms. The number of hydrogen-bond acceptors (Lipinski definition) is 1. The van der Waals surface area contributed by atoms with Gasteiger partial charge in [-0.15, -0.1) is 0 Å². The topological polar surface area (TPSA) is 30.9 Å². The van der Waals surface area contributed by atoms with Crippen LogP contribution in [0.3, 0.4) is 0 Å². The van der Waals surface area contributed by atoms with Crippen molar-refractivity contribution in [1.29, 1.82) is 0 Å². The minimum atomic E-state index is 0.754. The minimum Gasteiger partial charge on any atom is -0.345 e. The molecule has 0 atom stereocenters. The van der Waals surface area contributed by atoms with Gasteiger partial charge >= 0.3 is 0 Å². The molecule has 0 aliphatic carbocycles. The van der Waals surface area contributed by atoms with Crippen LogP contribution in [0.1, 0.15) is 23.2 Å². The molecular weight excluding hydrogens is 196 g/mol. The molecule has 2 heteroatoms. The van der Waals surface area contributed by atoms with Gasteiger partial charge in [-0.25, -0.2) is 0 Å². The van der Waals surface area contributed by atoms with Crippen LogP contribution < -0.4 is 5.73 Å². The molecule has 2 rings (SSSR count). The third-order valence-electron chi connectivity index (χ3n) is 3.12. The predicted octanol–water partition coefficient (Wildman–Crippen LogP) is 2.92. The lowest BCUT2D eigenvalue weighted by atomic mass is 10.1. The number of aromatic nitrogens is 1. The molecule has 86 valence electrons. The molecule has 0 aliphatic rings. The van der Waals surface area contributed by atoms with E-state index >= 15 is 0 Å². The molecule has 0 unspecified atom stereocenters. The number of nitrogens with two attached hydrogens (primary N) is 1. The first-order valence-electron chi connectivity index (χ1n) is 5.90. The summed E-state index contributed by atoms with van der Waals surface area (Å²) in [5, 5.41) is 1.35. The Balaban J connectivity index is 2.59. The summed E-state index contributed by atoms with van der Waals surface area (Å²) in [6, 6.07) is 6.78. The third-order valence-corrected chi connectivity index (χ3v) is 3.12. The van der Waals surface area contributed by atoms with Crippen LogP contribution in [0.25, 0.3) is 10.9 Å². The van der Waals surface area contributed by atoms with Crippen LogP contribution in [0.4, 0.5) is 0 Å². The molecule has 0 saturated heterocycles. The van der Waals surface area contributed by atoms with Gasteiger partial charge in [0, 0.05) is 17.6 Å². The summed E-state index contributed by atoms with van der Waals surface area (Å²) in [6.07, 6.45) is 1.04. The van der Waals surface area contributed by atoms with Gasteiger partial charge in [-0.2, -0.15) is 0 Å². The zero-order valence-electron chi connectivity index (χ0n) is 10.4. The Morgan fingerprint density at radius 2 is 1.88 bits per heavy atom. The Morgan fingerprint density at radius 3 is 2.56 bits per heavy atom. The van der Waals surface area contributed by atoms with E-state index in [0.717, 1.165) is 19.5 Å². The highest BCUT2D eigenvalue weighted by atomic mass is 15.0. The molecule has 0 fully saturated rings. The molecule has 0 spiro atoms. The number of fused-ring (bicyclic) bond motifs is 1. The van der Waals surface area contributed by atoms with E-state index in [1.54, 1.807) is 0 Å². The average Bonchev–Trinajstić information content (AvgIpc) is 2.51. The highest BCUT2D eigenvalue weighted by Gasteiger charge is 2.08. The van der Waals surface area contributed by atoms with Crippen molar-refractivity contribution < 1.29 is 0 Å². The van der Waals surface area contributed by atoms with Crippen LogP contribution in [-0.2, 0) is 6.54 Å². The van der Waals surface area contributed by atoms with Gasteiger partial charge in [-0.05, 0) is 51.4 Å². The maximum absolute atomic E-state index is 5.59. The SMILES string of the molecule is Cc1cc(C)c2c(c1)cc(C)n2CCCN. The lowest BCUT2D eigenvalue weighted by molar-refractivity contribution is 0.656. The van der Waals surface area contributed by atoms with E-state index in [0.29, 0.717) is 0 Å². The van der Waals surface area contributed by atoms with Gasteiger partial charge in [0.05, 0.1) is 5.52 Å². The van der Waals surface area contributed by atoms with Crippen molar-refractivity contribution in [3.63, 3.8) is 0 Å². The molecule has 0 aliphatic heterocycles. The summed E-state index contributed by atoms with van der Waals surface area (Å²) in [5.41, 5.74) is 11.0. The smallest absolute Gasteiger partial charge is 0.0512 e. The Bertz CT molecular complexity index is 509. The quantitative estimate of drug-likeness (QED) is 0.840. The van der Waals surface area contributed by atoms with E-state index < -0.39 is 0 Å². The Labute approximate surface area is 97.1 Å². The Morgan fingerprint density at radius 1 is 1.12 bits per heavy atom. The van der Waals surface area contributed by atoms with Crippen LogP contribution in [0.2, 0.25) is 0 Å². The minimum absolute atomic E-state index is 0.754. The Kier molecular flexibility index (Phi) is 3.01. The van der Waals surface area contributed by atoms with Gasteiger partial charge in [-0.1, -0.05) is 11.6 Å². The second-order valence-electron chi connectivity index (χ2n) is 4.60. The van der Waals surface area contributed by atoms with E-state index in [9.17, 15) is 0 Å². The molecule has 2 aromatic rings. The second-order valence-corrected chi connectivity index (χ2v) is 4.60. The van der Waals surface area contributed by atoms with Gasteiger partial charge in [0.2, 0.25) is 0 Å². The standard InChI is InChI=1S/C14H20N2/c1-10-7-11(2)14-13(8-10)9-12(3)16(14)6-4-5-15/h7-9H,4-6,15H2,1-3H3. The molecule has 0 bridgehead atoms. The summed E-state index contributed by atoms with van der Waals surface area (Å²) >= 11 is 0. The van der Waals surface area contributed by atoms with Crippen molar-refractivity contribution in [2.75, 3.05) is 6.54 Å². The van der Waals surface area contributed by atoms with Crippen LogP contribution >= 0.6 is 0 Å². The zero-order valence-corrected chi connectivity index (χ0v) is 10.4. The van der Waals surface area contributed by atoms with Gasteiger partial charge in [-0.3, -0.25) is 0 Å². The van der Waals surface area contributed by atoms with Crippen molar-refractivity contribution in [2.45, 2.75) is 33.7 Å². The van der Waals surface area contributed by atoms with Crippen molar-refractivity contribution in [1.82, 2.24) is 4.57 Å². The van der Waals surface area contributed by atoms with E-state index in [1.165, 1.54) is 27.7 Å². The van der Waals surface area contributed by atoms with Gasteiger partial charge < -0.3 is 10.3 Å². The van der Waals surface area contributed by atoms with E-state index in [1.807, 2.05) is 0 Å². The summed E-state index contributed by atoms with van der Waals surface area (Å²) in [6.45, 7) is 8.29. The van der Waals surface area contributed by atoms with Crippen LogP contribution in [0.5, 0.6) is 0 Å². The zero-order chi connectivity index (χ0) is 11.7. The van der Waals surface area contributed by atoms with Crippen LogP contribution in [0, 0.1) is 20.8 Å². The van der Waals surface area contributed by atoms with E-state index in [-0.39, 0.29) is 0 Å². The summed E-state index contributed by atoms with van der Waals surface area (Å²) in [5.74, 6) is 0. The van der Waals surface area contributed by atoms with E-state index in [4.69, 9.17) is 5.73 Å². The highest BCUT2D eigenvalue weighted by Crippen LogP contribution is 2.24. The maximum Gasteiger partial charge on any atom is 0.0512 e. The summed E-state index contributed by atoms with van der Waals surface area (Å²) in [4.78, 5) is 0. The first-order valence-corrected chi connectivity index (χ1v) is 5.90. The van der Waals surface area contributed by atoms with Gasteiger partial charge in [0.25, 0.3) is 0 Å². The molecule has 1 aromatic carbocycles. The molecule has 2 nitrogen and oxygen atoms in total. The van der Waals surface area contributed by atoms with E-state index in [2.05, 4.69) is 43.5 Å². The first-order chi connectivity index (χ1) is 7.63. The summed E-state index contributed by atoms with van der Waals surface area (Å²) < 4.78 is 2.39. The van der Waals surface area contributed by atoms with Crippen molar-refractivity contribution in [3.8, 4) is 0 Å². The lowest BCUT2D eigenvalue weighted by Crippen LogP contribution is -2.07. The molecule has 0 amide bonds. The fraction of sp³-hybridized carbons (Fsp3) is 0.429. The highest BCUT2D eigenvalue weighted by molar-refractivity contribution is 5.85. The molecule has 1 heterocycles. The van der Waals surface area contributed by atoms with Crippen LogP contribution in [-0.4, -0.2) is 11.1 Å². The number of benzene rings is 1. The molecule has 0 saturated carbocycles. The predicted molar refractivity (Wildman–Crippen MR) is 69.8 cm³/mol. The average molecular weight is 216 g/mol. The van der Waals surface area contributed by atoms with Crippen molar-refractivity contribution in [3.05, 3.63) is 35.0 Å². The lowest BCUT2D eigenvalue weighted by Gasteiger charge is -2.09.